The Morgan fingerprint density at radius 2 is 1.88 bits per heavy atom. The summed E-state index contributed by atoms with van der Waals surface area (Å²) in [7, 11) is 1.70. The number of pyridine rings is 1. The lowest BCUT2D eigenvalue weighted by molar-refractivity contribution is 0.0660. The van der Waals surface area contributed by atoms with Gasteiger partial charge in [0.1, 0.15) is 11.5 Å². The van der Waals surface area contributed by atoms with Crippen LogP contribution >= 0.6 is 0 Å². The van der Waals surface area contributed by atoms with Gasteiger partial charge < -0.3 is 14.2 Å². The Morgan fingerprint density at radius 3 is 2.61 bits per heavy atom. The summed E-state index contributed by atoms with van der Waals surface area (Å²) in [5.41, 5.74) is 5.03. The van der Waals surface area contributed by atoms with Gasteiger partial charge in [0.25, 0.3) is 5.91 Å². The van der Waals surface area contributed by atoms with Gasteiger partial charge in [0.2, 0.25) is 0 Å². The number of imidazole rings is 1. The van der Waals surface area contributed by atoms with Crippen LogP contribution in [0.25, 0.3) is 11.4 Å². The molecular weight excluding hydrogens is 412 g/mol. The summed E-state index contributed by atoms with van der Waals surface area (Å²) in [6.45, 7) is 6.30. The first-order chi connectivity index (χ1) is 16.1. The highest BCUT2D eigenvalue weighted by Gasteiger charge is 2.30. The lowest BCUT2D eigenvalue weighted by Crippen LogP contribution is -2.36. The minimum atomic E-state index is -0.0803. The molecule has 33 heavy (non-hydrogen) atoms. The van der Waals surface area contributed by atoms with E-state index in [-0.39, 0.29) is 11.9 Å². The van der Waals surface area contributed by atoms with Gasteiger partial charge in [-0.25, -0.2) is 4.98 Å². The molecule has 0 N–H and O–H groups in total. The highest BCUT2D eigenvalue weighted by Crippen LogP contribution is 2.30. The quantitative estimate of drug-likeness (QED) is 0.445. The van der Waals surface area contributed by atoms with Crippen LogP contribution < -0.4 is 0 Å². The number of carbonyl (C=O) groups excluding carboxylic acids is 1. The average Bonchev–Trinajstić information content (AvgIpc) is 3.03. The number of hydrogen-bond acceptors (Lipinski definition) is 4. The molecule has 0 aliphatic carbocycles. The Bertz CT molecular complexity index is 1060. The molecule has 6 heteroatoms. The maximum Gasteiger partial charge on any atom is 0.274 e. The molecular formula is C27H34N4O2. The fraction of sp³-hybridized carbons (Fsp3) is 0.444. The summed E-state index contributed by atoms with van der Waals surface area (Å²) < 4.78 is 7.56. The van der Waals surface area contributed by atoms with Gasteiger partial charge in [-0.3, -0.25) is 9.78 Å². The maximum absolute atomic E-state index is 14.0. The molecule has 0 saturated heterocycles. The summed E-state index contributed by atoms with van der Waals surface area (Å²) >= 11 is 0. The third-order valence-corrected chi connectivity index (χ3v) is 6.54. The largest absolute Gasteiger partial charge is 0.385 e. The first kappa shape index (κ1) is 23.2. The Morgan fingerprint density at radius 1 is 1.12 bits per heavy atom. The standard InChI is InChI=1S/C27H34N4O2/c1-20-9-11-23(12-10-20)26-29-25(24-8-5-4-6-17-31(24)26)27(32)30(18-7-19-33-3)21(2)22-13-15-28-16-14-22/h9-16,21H,4-8,17-19H2,1-3H3. The third kappa shape index (κ3) is 5.17. The molecule has 6 nitrogen and oxygen atoms in total. The van der Waals surface area contributed by atoms with Gasteiger partial charge in [-0.15, -0.1) is 0 Å². The van der Waals surface area contributed by atoms with Gasteiger partial charge in [-0.1, -0.05) is 36.2 Å². The monoisotopic (exact) mass is 446 g/mol. The van der Waals surface area contributed by atoms with Crippen molar-refractivity contribution in [3.63, 3.8) is 0 Å². The molecule has 4 rings (SSSR count). The number of ether oxygens (including phenoxy) is 1. The Hall–Kier alpha value is -2.99. The van der Waals surface area contributed by atoms with Crippen molar-refractivity contribution >= 4 is 5.91 Å². The highest BCUT2D eigenvalue weighted by molar-refractivity contribution is 5.94. The molecule has 174 valence electrons. The first-order valence-electron chi connectivity index (χ1n) is 12.0. The molecule has 1 aliphatic heterocycles. The van der Waals surface area contributed by atoms with Crippen LogP contribution in [0.5, 0.6) is 0 Å². The molecule has 0 spiro atoms. The normalized spacial score (nSPS) is 14.4. The van der Waals surface area contributed by atoms with E-state index >= 15 is 0 Å². The summed E-state index contributed by atoms with van der Waals surface area (Å²) in [6, 6.07) is 12.3. The molecule has 0 bridgehead atoms. The predicted molar refractivity (Wildman–Crippen MR) is 130 cm³/mol. The number of aryl methyl sites for hydroxylation is 1. The zero-order valence-corrected chi connectivity index (χ0v) is 20.0. The lowest BCUT2D eigenvalue weighted by Gasteiger charge is -2.29. The topological polar surface area (TPSA) is 60.2 Å². The highest BCUT2D eigenvalue weighted by atomic mass is 16.5. The Kier molecular flexibility index (Phi) is 7.55. The smallest absolute Gasteiger partial charge is 0.274 e. The van der Waals surface area contributed by atoms with Crippen molar-refractivity contribution < 1.29 is 9.53 Å². The molecule has 1 aromatic carbocycles. The van der Waals surface area contributed by atoms with E-state index in [4.69, 9.17) is 9.72 Å². The minimum Gasteiger partial charge on any atom is -0.385 e. The third-order valence-electron chi connectivity index (χ3n) is 6.54. The summed E-state index contributed by atoms with van der Waals surface area (Å²) in [4.78, 5) is 25.1. The van der Waals surface area contributed by atoms with Crippen LogP contribution in [0.4, 0.5) is 0 Å². The maximum atomic E-state index is 14.0. The van der Waals surface area contributed by atoms with Crippen LogP contribution in [0.2, 0.25) is 0 Å². The summed E-state index contributed by atoms with van der Waals surface area (Å²) in [5, 5.41) is 0. The lowest BCUT2D eigenvalue weighted by atomic mass is 10.1. The molecule has 0 fully saturated rings. The van der Waals surface area contributed by atoms with Crippen LogP contribution in [0, 0.1) is 6.92 Å². The number of nitrogens with zero attached hydrogens (tertiary/aromatic N) is 4. The first-order valence-corrected chi connectivity index (χ1v) is 12.0. The second kappa shape index (κ2) is 10.8. The van der Waals surface area contributed by atoms with Gasteiger partial charge >= 0.3 is 0 Å². The van der Waals surface area contributed by atoms with E-state index in [1.165, 1.54) is 12.0 Å². The van der Waals surface area contributed by atoms with Crippen molar-refractivity contribution in [3.8, 4) is 11.4 Å². The number of amides is 1. The molecule has 0 radical (unpaired) electrons. The van der Waals surface area contributed by atoms with Crippen molar-refractivity contribution in [2.24, 2.45) is 0 Å². The zero-order valence-electron chi connectivity index (χ0n) is 20.0. The molecule has 0 saturated carbocycles. The van der Waals surface area contributed by atoms with E-state index < -0.39 is 0 Å². The van der Waals surface area contributed by atoms with Crippen molar-refractivity contribution in [1.29, 1.82) is 0 Å². The molecule has 2 aromatic heterocycles. The molecule has 1 aliphatic rings. The van der Waals surface area contributed by atoms with Gasteiger partial charge in [-0.2, -0.15) is 0 Å². The van der Waals surface area contributed by atoms with Crippen molar-refractivity contribution in [2.45, 2.75) is 58.5 Å². The van der Waals surface area contributed by atoms with Gasteiger partial charge in [0, 0.05) is 44.8 Å². The second-order valence-corrected chi connectivity index (χ2v) is 8.86. The average molecular weight is 447 g/mol. The number of benzene rings is 1. The molecule has 1 amide bonds. The van der Waals surface area contributed by atoms with Gasteiger partial charge in [-0.05, 0) is 57.2 Å². The SMILES string of the molecule is COCCCN(C(=O)c1nc(-c2ccc(C)cc2)n2c1CCCCC2)C(C)c1ccncc1. The number of carbonyl (C=O) groups is 1. The molecule has 1 atom stereocenters. The van der Waals surface area contributed by atoms with E-state index in [0.717, 1.165) is 54.9 Å². The molecule has 1 unspecified atom stereocenters. The predicted octanol–water partition coefficient (Wildman–Crippen LogP) is 5.22. The summed E-state index contributed by atoms with van der Waals surface area (Å²) in [6.07, 6.45) is 8.59. The van der Waals surface area contributed by atoms with Crippen LogP contribution in [-0.2, 0) is 17.7 Å². The van der Waals surface area contributed by atoms with Crippen LogP contribution in [-0.4, -0.2) is 45.6 Å². The van der Waals surface area contributed by atoms with Crippen molar-refractivity contribution in [1.82, 2.24) is 19.4 Å². The van der Waals surface area contributed by atoms with E-state index in [1.807, 2.05) is 17.0 Å². The Balaban J connectivity index is 1.74. The fourth-order valence-corrected chi connectivity index (χ4v) is 4.62. The number of aromatic nitrogens is 3. The Labute approximate surface area is 196 Å². The number of fused-ring (bicyclic) bond motifs is 1. The molecule has 3 aromatic rings. The van der Waals surface area contributed by atoms with Crippen molar-refractivity contribution in [3.05, 3.63) is 71.3 Å². The minimum absolute atomic E-state index is 0.000531. The van der Waals surface area contributed by atoms with E-state index in [2.05, 4.69) is 47.7 Å². The van der Waals surface area contributed by atoms with E-state index in [1.54, 1.807) is 19.5 Å². The van der Waals surface area contributed by atoms with Crippen LogP contribution in [0.1, 0.15) is 66.0 Å². The fourth-order valence-electron chi connectivity index (χ4n) is 4.62. The molecule has 3 heterocycles. The van der Waals surface area contributed by atoms with Gasteiger partial charge in [0.15, 0.2) is 0 Å². The second-order valence-electron chi connectivity index (χ2n) is 8.86. The van der Waals surface area contributed by atoms with E-state index in [9.17, 15) is 4.79 Å². The van der Waals surface area contributed by atoms with Crippen molar-refractivity contribution in [2.75, 3.05) is 20.3 Å². The number of methoxy groups -OCH3 is 1. The summed E-state index contributed by atoms with van der Waals surface area (Å²) in [5.74, 6) is 0.906. The van der Waals surface area contributed by atoms with Crippen LogP contribution in [0.15, 0.2) is 48.8 Å². The number of rotatable bonds is 8. The van der Waals surface area contributed by atoms with Gasteiger partial charge in [0.05, 0.1) is 11.7 Å². The van der Waals surface area contributed by atoms with Crippen LogP contribution in [0.3, 0.4) is 0 Å². The zero-order chi connectivity index (χ0) is 23.2. The van der Waals surface area contributed by atoms with E-state index in [0.29, 0.717) is 18.8 Å². The number of hydrogen-bond donors (Lipinski definition) is 0.